The number of anilines is 1. The van der Waals surface area contributed by atoms with Gasteiger partial charge in [-0.15, -0.1) is 0 Å². The lowest BCUT2D eigenvalue weighted by Crippen LogP contribution is -2.34. The van der Waals surface area contributed by atoms with Crippen LogP contribution in [0.1, 0.15) is 19.3 Å². The van der Waals surface area contributed by atoms with Crippen LogP contribution < -0.4 is 10.0 Å². The molecule has 112 valence electrons. The molecule has 1 aliphatic rings. The molecule has 1 aliphatic carbocycles. The molecule has 1 aromatic carbocycles. The maximum absolute atomic E-state index is 12.1. The van der Waals surface area contributed by atoms with Gasteiger partial charge in [-0.1, -0.05) is 0 Å². The van der Waals surface area contributed by atoms with Crippen LogP contribution in [0.2, 0.25) is 0 Å². The van der Waals surface area contributed by atoms with Gasteiger partial charge in [-0.2, -0.15) is 12.7 Å². The van der Waals surface area contributed by atoms with Crippen molar-refractivity contribution in [3.8, 4) is 0 Å². The lowest BCUT2D eigenvalue weighted by Gasteiger charge is -2.18. The molecule has 0 amide bonds. The van der Waals surface area contributed by atoms with Gasteiger partial charge in [0.05, 0.1) is 0 Å². The molecule has 1 fully saturated rings. The molecule has 1 saturated carbocycles. The summed E-state index contributed by atoms with van der Waals surface area (Å²) >= 11 is 2.19. The average Bonchev–Trinajstić information content (AvgIpc) is 3.21. The molecule has 0 aliphatic heterocycles. The molecule has 0 atom stereocenters. The second-order valence-electron chi connectivity index (χ2n) is 5.02. The van der Waals surface area contributed by atoms with E-state index in [1.165, 1.54) is 17.1 Å². The summed E-state index contributed by atoms with van der Waals surface area (Å²) in [6, 6.07) is 7.95. The summed E-state index contributed by atoms with van der Waals surface area (Å²) in [7, 11) is -1.85. The Labute approximate surface area is 134 Å². The van der Waals surface area contributed by atoms with Crippen molar-refractivity contribution in [2.24, 2.45) is 0 Å². The van der Waals surface area contributed by atoms with Crippen LogP contribution in [0.15, 0.2) is 24.3 Å². The van der Waals surface area contributed by atoms with Crippen LogP contribution in [0, 0.1) is 3.57 Å². The maximum atomic E-state index is 12.1. The van der Waals surface area contributed by atoms with E-state index in [0.717, 1.165) is 16.5 Å². The van der Waals surface area contributed by atoms with Crippen LogP contribution in [-0.2, 0) is 10.2 Å². The smallest absolute Gasteiger partial charge is 0.301 e. The fourth-order valence-corrected chi connectivity index (χ4v) is 3.08. The average molecular weight is 409 g/mol. The van der Waals surface area contributed by atoms with E-state index in [4.69, 9.17) is 0 Å². The molecule has 0 heterocycles. The summed E-state index contributed by atoms with van der Waals surface area (Å²) in [5.41, 5.74) is 0.591. The van der Waals surface area contributed by atoms with Crippen LogP contribution in [0.3, 0.4) is 0 Å². The molecule has 2 rings (SSSR count). The van der Waals surface area contributed by atoms with Crippen molar-refractivity contribution in [3.05, 3.63) is 27.8 Å². The second kappa shape index (κ2) is 7.06. The number of halogens is 1. The first kappa shape index (κ1) is 16.0. The van der Waals surface area contributed by atoms with Crippen molar-refractivity contribution < 1.29 is 8.42 Å². The van der Waals surface area contributed by atoms with E-state index in [0.29, 0.717) is 18.3 Å². The van der Waals surface area contributed by atoms with Crippen molar-refractivity contribution in [1.29, 1.82) is 0 Å². The SMILES string of the molecule is CN(CCCNC1CC1)S(=O)(=O)Nc1ccc(I)cc1. The molecular weight excluding hydrogens is 389 g/mol. The third-order valence-corrected chi connectivity index (χ3v) is 5.38. The highest BCUT2D eigenvalue weighted by Crippen LogP contribution is 2.18. The summed E-state index contributed by atoms with van der Waals surface area (Å²) in [4.78, 5) is 0. The van der Waals surface area contributed by atoms with Crippen LogP contribution in [0.25, 0.3) is 0 Å². The first-order chi connectivity index (χ1) is 9.47. The highest BCUT2D eigenvalue weighted by molar-refractivity contribution is 14.1. The zero-order valence-corrected chi connectivity index (χ0v) is 14.4. The van der Waals surface area contributed by atoms with Crippen molar-refractivity contribution >= 4 is 38.5 Å². The van der Waals surface area contributed by atoms with E-state index in [1.54, 1.807) is 19.2 Å². The third-order valence-electron chi connectivity index (χ3n) is 3.16. The Morgan fingerprint density at radius 3 is 2.55 bits per heavy atom. The molecular formula is C13H20IN3O2S. The van der Waals surface area contributed by atoms with Gasteiger partial charge < -0.3 is 5.32 Å². The van der Waals surface area contributed by atoms with Crippen LogP contribution in [0.5, 0.6) is 0 Å². The largest absolute Gasteiger partial charge is 0.314 e. The minimum atomic E-state index is -3.46. The normalized spacial score (nSPS) is 15.6. The Kier molecular flexibility index (Phi) is 5.65. The predicted molar refractivity (Wildman–Crippen MR) is 90.0 cm³/mol. The van der Waals surface area contributed by atoms with Crippen molar-refractivity contribution in [1.82, 2.24) is 9.62 Å². The first-order valence-electron chi connectivity index (χ1n) is 6.70. The molecule has 0 radical (unpaired) electrons. The first-order valence-corrected chi connectivity index (χ1v) is 9.22. The Morgan fingerprint density at radius 1 is 1.30 bits per heavy atom. The van der Waals surface area contributed by atoms with Gasteiger partial charge in [-0.25, -0.2) is 0 Å². The predicted octanol–water partition coefficient (Wildman–Crippen LogP) is 2.02. The van der Waals surface area contributed by atoms with Crippen LogP contribution in [-0.4, -0.2) is 38.9 Å². The van der Waals surface area contributed by atoms with Crippen LogP contribution >= 0.6 is 22.6 Å². The molecule has 0 spiro atoms. The van der Waals surface area contributed by atoms with Crippen molar-refractivity contribution in [3.63, 3.8) is 0 Å². The second-order valence-corrected chi connectivity index (χ2v) is 8.04. The van der Waals surface area contributed by atoms with Gasteiger partial charge in [0.2, 0.25) is 0 Å². The summed E-state index contributed by atoms with van der Waals surface area (Å²) in [5, 5.41) is 3.38. The number of rotatable bonds is 8. The Morgan fingerprint density at radius 2 is 1.95 bits per heavy atom. The third kappa shape index (κ3) is 5.19. The van der Waals surface area contributed by atoms with Gasteiger partial charge in [0.15, 0.2) is 0 Å². The minimum Gasteiger partial charge on any atom is -0.314 e. The number of nitrogens with zero attached hydrogens (tertiary/aromatic N) is 1. The molecule has 7 heteroatoms. The molecule has 0 aromatic heterocycles. The molecule has 0 unspecified atom stereocenters. The van der Waals surface area contributed by atoms with Gasteiger partial charge in [-0.05, 0) is 72.7 Å². The van der Waals surface area contributed by atoms with Gasteiger partial charge in [0.1, 0.15) is 0 Å². The Hall–Kier alpha value is -0.380. The number of hydrogen-bond acceptors (Lipinski definition) is 3. The fraction of sp³-hybridized carbons (Fsp3) is 0.538. The summed E-state index contributed by atoms with van der Waals surface area (Å²) < 4.78 is 29.3. The summed E-state index contributed by atoms with van der Waals surface area (Å²) in [6.45, 7) is 1.38. The highest BCUT2D eigenvalue weighted by atomic mass is 127. The Balaban J connectivity index is 1.79. The van der Waals surface area contributed by atoms with E-state index in [9.17, 15) is 8.42 Å². The number of nitrogens with one attached hydrogen (secondary N) is 2. The lowest BCUT2D eigenvalue weighted by atomic mass is 10.3. The van der Waals surface area contributed by atoms with Gasteiger partial charge in [0.25, 0.3) is 0 Å². The lowest BCUT2D eigenvalue weighted by molar-refractivity contribution is 0.458. The molecule has 20 heavy (non-hydrogen) atoms. The zero-order valence-electron chi connectivity index (χ0n) is 11.5. The van der Waals surface area contributed by atoms with Crippen LogP contribution in [0.4, 0.5) is 5.69 Å². The molecule has 5 nitrogen and oxygen atoms in total. The van der Waals surface area contributed by atoms with E-state index in [-0.39, 0.29) is 0 Å². The highest BCUT2D eigenvalue weighted by Gasteiger charge is 2.20. The molecule has 0 saturated heterocycles. The van der Waals surface area contributed by atoms with Crippen molar-refractivity contribution in [2.75, 3.05) is 24.9 Å². The summed E-state index contributed by atoms with van der Waals surface area (Å²) in [5.74, 6) is 0. The van der Waals surface area contributed by atoms with E-state index < -0.39 is 10.2 Å². The number of benzene rings is 1. The van der Waals surface area contributed by atoms with Crippen molar-refractivity contribution in [2.45, 2.75) is 25.3 Å². The zero-order chi connectivity index (χ0) is 14.6. The number of hydrogen-bond donors (Lipinski definition) is 2. The Bertz CT molecular complexity index is 529. The minimum absolute atomic E-state index is 0.513. The quantitative estimate of drug-likeness (QED) is 0.510. The van der Waals surface area contributed by atoms with E-state index >= 15 is 0 Å². The summed E-state index contributed by atoms with van der Waals surface area (Å²) in [6.07, 6.45) is 3.32. The van der Waals surface area contributed by atoms with E-state index in [2.05, 4.69) is 32.6 Å². The maximum Gasteiger partial charge on any atom is 0.301 e. The van der Waals surface area contributed by atoms with Gasteiger partial charge in [-0.3, -0.25) is 4.72 Å². The fourth-order valence-electron chi connectivity index (χ4n) is 1.76. The monoisotopic (exact) mass is 409 g/mol. The molecule has 0 bridgehead atoms. The topological polar surface area (TPSA) is 61.4 Å². The standard InChI is InChI=1S/C13H20IN3O2S/c1-17(10-2-9-15-12-7-8-12)20(18,19)16-13-5-3-11(14)4-6-13/h3-6,12,15-16H,2,7-10H2,1H3. The van der Waals surface area contributed by atoms with E-state index in [1.807, 2.05) is 12.1 Å². The van der Waals surface area contributed by atoms with Gasteiger partial charge in [0, 0.05) is 28.9 Å². The van der Waals surface area contributed by atoms with Gasteiger partial charge >= 0.3 is 10.2 Å². The molecule has 2 N–H and O–H groups in total. The molecule has 1 aromatic rings.